The highest BCUT2D eigenvalue weighted by Crippen LogP contribution is 2.42. The monoisotopic (exact) mass is 371 g/mol. The summed E-state index contributed by atoms with van der Waals surface area (Å²) in [7, 11) is 1.72. The Hall–Kier alpha value is -1.49. The van der Waals surface area contributed by atoms with Gasteiger partial charge >= 0.3 is 0 Å². The van der Waals surface area contributed by atoms with Crippen molar-refractivity contribution in [2.45, 2.75) is 55.7 Å². The number of rotatable bonds is 6. The van der Waals surface area contributed by atoms with Gasteiger partial charge in [-0.05, 0) is 49.4 Å². The van der Waals surface area contributed by atoms with Gasteiger partial charge in [-0.2, -0.15) is 0 Å². The van der Waals surface area contributed by atoms with Gasteiger partial charge in [0.15, 0.2) is 0 Å². The third-order valence-electron chi connectivity index (χ3n) is 5.34. The zero-order valence-electron chi connectivity index (χ0n) is 15.9. The predicted molar refractivity (Wildman–Crippen MR) is 109 cm³/mol. The average molecular weight is 372 g/mol. The first-order valence-corrected chi connectivity index (χ1v) is 10.4. The Kier molecular flexibility index (Phi) is 6.28. The summed E-state index contributed by atoms with van der Waals surface area (Å²) in [5.41, 5.74) is 2.57. The van der Waals surface area contributed by atoms with Crippen molar-refractivity contribution in [1.82, 2.24) is 5.32 Å². The van der Waals surface area contributed by atoms with Crippen LogP contribution in [0.3, 0.4) is 0 Å². The zero-order valence-corrected chi connectivity index (χ0v) is 16.7. The number of hydrogen-bond donors (Lipinski definition) is 2. The minimum Gasteiger partial charge on any atom is -0.497 e. The first-order chi connectivity index (χ1) is 12.6. The molecular weight excluding hydrogens is 342 g/mol. The zero-order chi connectivity index (χ0) is 18.6. The number of benzene rings is 2. The van der Waals surface area contributed by atoms with Gasteiger partial charge in [-0.15, -0.1) is 11.8 Å². The maximum absolute atomic E-state index is 9.84. The van der Waals surface area contributed by atoms with Crippen LogP contribution in [-0.4, -0.2) is 29.6 Å². The normalized spacial score (nSPS) is 23.8. The van der Waals surface area contributed by atoms with Crippen LogP contribution in [-0.2, 0) is 0 Å². The molecule has 0 saturated carbocycles. The molecule has 1 heterocycles. The lowest BCUT2D eigenvalue weighted by Crippen LogP contribution is -2.48. The number of methoxy groups -OCH3 is 1. The Labute approximate surface area is 161 Å². The third kappa shape index (κ3) is 4.25. The molecule has 2 N–H and O–H groups in total. The molecule has 3 unspecified atom stereocenters. The Bertz CT molecular complexity index is 719. The molecule has 0 aliphatic carbocycles. The van der Waals surface area contributed by atoms with Crippen LogP contribution in [0.4, 0.5) is 0 Å². The van der Waals surface area contributed by atoms with Gasteiger partial charge < -0.3 is 9.84 Å². The molecule has 140 valence electrons. The number of fused-ring (bicyclic) bond motifs is 1. The summed E-state index contributed by atoms with van der Waals surface area (Å²) >= 11 is 1.90. The van der Waals surface area contributed by atoms with Crippen LogP contribution in [0.15, 0.2) is 53.4 Å². The maximum Gasteiger partial charge on any atom is 0.119 e. The molecule has 0 radical (unpaired) electrons. The fraction of sp³-hybridized carbons (Fsp3) is 0.455. The molecule has 0 amide bonds. The number of aliphatic hydroxyl groups excluding tert-OH is 1. The lowest BCUT2D eigenvalue weighted by molar-refractivity contribution is 0.161. The van der Waals surface area contributed by atoms with Crippen LogP contribution in [0.25, 0.3) is 0 Å². The molecular formula is C22H29NO2S. The fourth-order valence-corrected chi connectivity index (χ4v) is 4.98. The van der Waals surface area contributed by atoms with Gasteiger partial charge in [0.1, 0.15) is 5.75 Å². The second kappa shape index (κ2) is 8.47. The van der Waals surface area contributed by atoms with E-state index in [0.717, 1.165) is 30.8 Å². The van der Waals surface area contributed by atoms with Crippen molar-refractivity contribution in [2.24, 2.45) is 0 Å². The van der Waals surface area contributed by atoms with Crippen molar-refractivity contribution >= 4 is 11.8 Å². The van der Waals surface area contributed by atoms with Gasteiger partial charge in [-0.3, -0.25) is 5.32 Å². The van der Waals surface area contributed by atoms with Crippen LogP contribution in [0.2, 0.25) is 0 Å². The van der Waals surface area contributed by atoms with Crippen molar-refractivity contribution in [3.63, 3.8) is 0 Å². The lowest BCUT2D eigenvalue weighted by atomic mass is 9.87. The first-order valence-electron chi connectivity index (χ1n) is 9.38. The number of aliphatic hydroxyl groups is 1. The van der Waals surface area contributed by atoms with Crippen LogP contribution in [0.1, 0.15) is 50.3 Å². The molecule has 0 aromatic heterocycles. The minimum atomic E-state index is -0.272. The van der Waals surface area contributed by atoms with Gasteiger partial charge in [0.05, 0.1) is 19.3 Å². The number of ether oxygens (including phenoxy) is 1. The second-order valence-corrected chi connectivity index (χ2v) is 8.22. The van der Waals surface area contributed by atoms with E-state index in [4.69, 9.17) is 4.74 Å². The quantitative estimate of drug-likeness (QED) is 0.766. The molecule has 26 heavy (non-hydrogen) atoms. The van der Waals surface area contributed by atoms with E-state index in [1.165, 1.54) is 16.0 Å². The van der Waals surface area contributed by atoms with Gasteiger partial charge in [-0.25, -0.2) is 0 Å². The molecule has 2 aromatic rings. The third-order valence-corrected chi connectivity index (χ3v) is 6.70. The average Bonchev–Trinajstić information content (AvgIpc) is 2.84. The van der Waals surface area contributed by atoms with Gasteiger partial charge in [-0.1, -0.05) is 43.3 Å². The van der Waals surface area contributed by atoms with Gasteiger partial charge in [0.25, 0.3) is 0 Å². The second-order valence-electron chi connectivity index (χ2n) is 7.20. The molecule has 4 heteroatoms. The van der Waals surface area contributed by atoms with Crippen molar-refractivity contribution in [1.29, 1.82) is 0 Å². The summed E-state index contributed by atoms with van der Waals surface area (Å²) in [6.45, 7) is 4.12. The standard InChI is InChI=1S/C22H29NO2S/c1-4-22(13-12-16(2)24)15-26-20-14-18(25-3)10-11-19(20)21(23-22)17-8-6-5-7-9-17/h5-11,14,16,21,23-24H,4,12-13,15H2,1-3H3. The van der Waals surface area contributed by atoms with E-state index >= 15 is 0 Å². The fourth-order valence-electron chi connectivity index (χ4n) is 3.57. The summed E-state index contributed by atoms with van der Waals surface area (Å²) in [5, 5.41) is 13.8. The molecule has 3 atom stereocenters. The van der Waals surface area contributed by atoms with Gasteiger partial charge in [0.2, 0.25) is 0 Å². The molecule has 3 nitrogen and oxygen atoms in total. The van der Waals surface area contributed by atoms with Crippen molar-refractivity contribution < 1.29 is 9.84 Å². The number of hydrogen-bond acceptors (Lipinski definition) is 4. The largest absolute Gasteiger partial charge is 0.497 e. The molecule has 0 spiro atoms. The molecule has 2 aromatic carbocycles. The van der Waals surface area contributed by atoms with E-state index in [-0.39, 0.29) is 17.7 Å². The van der Waals surface area contributed by atoms with E-state index in [2.05, 4.69) is 54.7 Å². The molecule has 0 bridgehead atoms. The van der Waals surface area contributed by atoms with E-state index in [1.54, 1.807) is 7.11 Å². The maximum atomic E-state index is 9.84. The van der Waals surface area contributed by atoms with E-state index in [0.29, 0.717) is 0 Å². The molecule has 0 fully saturated rings. The van der Waals surface area contributed by atoms with Crippen LogP contribution < -0.4 is 10.1 Å². The van der Waals surface area contributed by atoms with E-state index in [9.17, 15) is 5.11 Å². The number of nitrogens with one attached hydrogen (secondary N) is 1. The SMILES string of the molecule is CCC1(CCC(C)O)CSc2cc(OC)ccc2C(c2ccccc2)N1. The summed E-state index contributed by atoms with van der Waals surface area (Å²) in [6, 6.07) is 17.2. The molecule has 1 aliphatic heterocycles. The molecule has 1 aliphatic rings. The Morgan fingerprint density at radius 3 is 2.69 bits per heavy atom. The first kappa shape index (κ1) is 19.3. The van der Waals surface area contributed by atoms with E-state index in [1.807, 2.05) is 24.8 Å². The van der Waals surface area contributed by atoms with Crippen LogP contribution in [0, 0.1) is 0 Å². The Morgan fingerprint density at radius 1 is 1.27 bits per heavy atom. The minimum absolute atomic E-state index is 0.00554. The number of thioether (sulfide) groups is 1. The summed E-state index contributed by atoms with van der Waals surface area (Å²) in [4.78, 5) is 1.28. The van der Waals surface area contributed by atoms with Crippen LogP contribution >= 0.6 is 11.8 Å². The topological polar surface area (TPSA) is 41.5 Å². The smallest absolute Gasteiger partial charge is 0.119 e. The highest BCUT2D eigenvalue weighted by atomic mass is 32.2. The van der Waals surface area contributed by atoms with Crippen molar-refractivity contribution in [3.05, 3.63) is 59.7 Å². The van der Waals surface area contributed by atoms with Crippen LogP contribution in [0.5, 0.6) is 5.75 Å². The highest BCUT2D eigenvalue weighted by molar-refractivity contribution is 7.99. The Balaban J connectivity index is 2.02. The van der Waals surface area contributed by atoms with Crippen molar-refractivity contribution in [2.75, 3.05) is 12.9 Å². The van der Waals surface area contributed by atoms with Gasteiger partial charge in [0, 0.05) is 16.2 Å². The van der Waals surface area contributed by atoms with Crippen molar-refractivity contribution in [3.8, 4) is 5.75 Å². The van der Waals surface area contributed by atoms with E-state index < -0.39 is 0 Å². The Morgan fingerprint density at radius 2 is 2.04 bits per heavy atom. The summed E-state index contributed by atoms with van der Waals surface area (Å²) in [6.07, 6.45) is 2.53. The highest BCUT2D eigenvalue weighted by Gasteiger charge is 2.35. The molecule has 3 rings (SSSR count). The lowest BCUT2D eigenvalue weighted by Gasteiger charge is -2.36. The summed E-state index contributed by atoms with van der Waals surface area (Å²) < 4.78 is 5.45. The molecule has 0 saturated heterocycles. The summed E-state index contributed by atoms with van der Waals surface area (Å²) in [5.74, 6) is 1.88. The predicted octanol–water partition coefficient (Wildman–Crippen LogP) is 4.79.